The van der Waals surface area contributed by atoms with E-state index in [2.05, 4.69) is 10.3 Å². The Balaban J connectivity index is 2.04. The zero-order valence-electron chi connectivity index (χ0n) is 10.2. The first-order valence-electron chi connectivity index (χ1n) is 5.68. The van der Waals surface area contributed by atoms with Crippen molar-refractivity contribution in [3.05, 3.63) is 63.4 Å². The standard InChI is InChI=1S/C14H9Cl2N3O/c15-12-8-18-13(16)5-11(12)14(20)19-7-10-3-1-9(6-17)2-4-10/h1-5,8H,7H2,(H,19,20). The summed E-state index contributed by atoms with van der Waals surface area (Å²) in [6.45, 7) is 0.334. The van der Waals surface area contributed by atoms with Gasteiger partial charge >= 0.3 is 0 Å². The number of rotatable bonds is 3. The Morgan fingerprint density at radius 2 is 2.00 bits per heavy atom. The van der Waals surface area contributed by atoms with E-state index in [1.165, 1.54) is 12.3 Å². The number of pyridine rings is 1. The number of benzene rings is 1. The quantitative estimate of drug-likeness (QED) is 0.886. The molecule has 6 heteroatoms. The van der Waals surface area contributed by atoms with Crippen LogP contribution in [0, 0.1) is 11.3 Å². The van der Waals surface area contributed by atoms with Gasteiger partial charge in [0.2, 0.25) is 0 Å². The molecule has 1 aromatic carbocycles. The predicted octanol–water partition coefficient (Wildman–Crippen LogP) is 3.19. The zero-order valence-corrected chi connectivity index (χ0v) is 11.7. The first kappa shape index (κ1) is 14.3. The lowest BCUT2D eigenvalue weighted by Crippen LogP contribution is -2.23. The molecule has 0 aliphatic rings. The summed E-state index contributed by atoms with van der Waals surface area (Å²) in [4.78, 5) is 15.8. The lowest BCUT2D eigenvalue weighted by atomic mass is 10.1. The first-order valence-corrected chi connectivity index (χ1v) is 6.44. The normalized spacial score (nSPS) is 9.85. The van der Waals surface area contributed by atoms with Crippen LogP contribution in [0.1, 0.15) is 21.5 Å². The van der Waals surface area contributed by atoms with Gasteiger partial charge in [0.25, 0.3) is 5.91 Å². The number of hydrogen-bond donors (Lipinski definition) is 1. The van der Waals surface area contributed by atoms with Crippen LogP contribution in [0.4, 0.5) is 0 Å². The highest BCUT2D eigenvalue weighted by Gasteiger charge is 2.11. The van der Waals surface area contributed by atoms with Gasteiger partial charge in [0.05, 0.1) is 22.2 Å². The second-order valence-corrected chi connectivity index (χ2v) is 4.77. The number of aromatic nitrogens is 1. The number of halogens is 2. The van der Waals surface area contributed by atoms with E-state index in [1.807, 2.05) is 6.07 Å². The highest BCUT2D eigenvalue weighted by atomic mass is 35.5. The van der Waals surface area contributed by atoms with E-state index in [1.54, 1.807) is 24.3 Å². The molecular weight excluding hydrogens is 297 g/mol. The molecule has 2 aromatic rings. The van der Waals surface area contributed by atoms with E-state index in [0.717, 1.165) is 5.56 Å². The molecule has 0 radical (unpaired) electrons. The molecule has 2 rings (SSSR count). The molecule has 0 spiro atoms. The summed E-state index contributed by atoms with van der Waals surface area (Å²) >= 11 is 11.6. The van der Waals surface area contributed by atoms with Crippen LogP contribution < -0.4 is 5.32 Å². The summed E-state index contributed by atoms with van der Waals surface area (Å²) in [5, 5.41) is 11.9. The van der Waals surface area contributed by atoms with Crippen molar-refractivity contribution < 1.29 is 4.79 Å². The molecule has 1 N–H and O–H groups in total. The fourth-order valence-corrected chi connectivity index (χ4v) is 1.91. The van der Waals surface area contributed by atoms with Crippen molar-refractivity contribution in [2.75, 3.05) is 0 Å². The van der Waals surface area contributed by atoms with Gasteiger partial charge in [0.15, 0.2) is 0 Å². The highest BCUT2D eigenvalue weighted by Crippen LogP contribution is 2.18. The molecule has 0 saturated carbocycles. The highest BCUT2D eigenvalue weighted by molar-refractivity contribution is 6.35. The van der Waals surface area contributed by atoms with Crippen LogP contribution in [-0.4, -0.2) is 10.9 Å². The van der Waals surface area contributed by atoms with Crippen LogP contribution in [0.5, 0.6) is 0 Å². The van der Waals surface area contributed by atoms with Gasteiger partial charge in [-0.15, -0.1) is 0 Å². The lowest BCUT2D eigenvalue weighted by Gasteiger charge is -2.07. The maximum atomic E-state index is 12.0. The molecule has 0 unspecified atom stereocenters. The first-order chi connectivity index (χ1) is 9.60. The molecule has 1 amide bonds. The van der Waals surface area contributed by atoms with Gasteiger partial charge < -0.3 is 5.32 Å². The fourth-order valence-electron chi connectivity index (χ4n) is 1.56. The van der Waals surface area contributed by atoms with E-state index in [0.29, 0.717) is 12.1 Å². The average Bonchev–Trinajstić information content (AvgIpc) is 2.47. The van der Waals surface area contributed by atoms with Gasteiger partial charge in [-0.05, 0) is 23.8 Å². The minimum Gasteiger partial charge on any atom is -0.348 e. The molecule has 0 bridgehead atoms. The van der Waals surface area contributed by atoms with Crippen molar-refractivity contribution in [3.8, 4) is 6.07 Å². The summed E-state index contributed by atoms with van der Waals surface area (Å²) in [5.41, 5.74) is 1.73. The maximum Gasteiger partial charge on any atom is 0.253 e. The Labute approximate surface area is 126 Å². The van der Waals surface area contributed by atoms with Gasteiger partial charge in [-0.3, -0.25) is 4.79 Å². The Hall–Kier alpha value is -2.09. The molecule has 1 aromatic heterocycles. The molecule has 0 aliphatic carbocycles. The number of carbonyl (C=O) groups excluding carboxylic acids is 1. The molecule has 0 atom stereocenters. The van der Waals surface area contributed by atoms with Crippen LogP contribution in [0.3, 0.4) is 0 Å². The number of nitrogens with one attached hydrogen (secondary N) is 1. The Morgan fingerprint density at radius 3 is 2.65 bits per heavy atom. The monoisotopic (exact) mass is 305 g/mol. The van der Waals surface area contributed by atoms with Crippen molar-refractivity contribution in [3.63, 3.8) is 0 Å². The van der Waals surface area contributed by atoms with Gasteiger partial charge in [0.1, 0.15) is 5.15 Å². The smallest absolute Gasteiger partial charge is 0.253 e. The largest absolute Gasteiger partial charge is 0.348 e. The third-order valence-electron chi connectivity index (χ3n) is 2.60. The van der Waals surface area contributed by atoms with Crippen LogP contribution in [0.2, 0.25) is 10.2 Å². The predicted molar refractivity (Wildman–Crippen MR) is 76.6 cm³/mol. The molecule has 0 fully saturated rings. The van der Waals surface area contributed by atoms with E-state index in [9.17, 15) is 4.79 Å². The third kappa shape index (κ3) is 3.47. The van der Waals surface area contributed by atoms with E-state index in [-0.39, 0.29) is 21.6 Å². The number of amides is 1. The minimum absolute atomic E-state index is 0.206. The Kier molecular flexibility index (Phi) is 4.57. The Morgan fingerprint density at radius 1 is 1.30 bits per heavy atom. The van der Waals surface area contributed by atoms with Gasteiger partial charge in [-0.25, -0.2) is 4.98 Å². The Bertz CT molecular complexity index is 678. The summed E-state index contributed by atoms with van der Waals surface area (Å²) in [5.74, 6) is -0.330. The lowest BCUT2D eigenvalue weighted by molar-refractivity contribution is 0.0951. The maximum absolute atomic E-state index is 12.0. The van der Waals surface area contributed by atoms with Crippen LogP contribution >= 0.6 is 23.2 Å². The van der Waals surface area contributed by atoms with E-state index in [4.69, 9.17) is 28.5 Å². The second-order valence-electron chi connectivity index (χ2n) is 3.98. The van der Waals surface area contributed by atoms with E-state index < -0.39 is 0 Å². The van der Waals surface area contributed by atoms with Crippen molar-refractivity contribution in [2.45, 2.75) is 6.54 Å². The van der Waals surface area contributed by atoms with Gasteiger partial charge in [0, 0.05) is 12.7 Å². The summed E-state index contributed by atoms with van der Waals surface area (Å²) < 4.78 is 0. The molecular formula is C14H9Cl2N3O. The SMILES string of the molecule is N#Cc1ccc(CNC(=O)c2cc(Cl)ncc2Cl)cc1. The fraction of sp³-hybridized carbons (Fsp3) is 0.0714. The molecule has 4 nitrogen and oxygen atoms in total. The third-order valence-corrected chi connectivity index (χ3v) is 3.11. The van der Waals surface area contributed by atoms with Crippen LogP contribution in [0.15, 0.2) is 36.5 Å². The van der Waals surface area contributed by atoms with Crippen molar-refractivity contribution in [1.29, 1.82) is 5.26 Å². The van der Waals surface area contributed by atoms with E-state index >= 15 is 0 Å². The summed E-state index contributed by atoms with van der Waals surface area (Å²) in [6, 6.07) is 10.4. The number of nitriles is 1. The molecule has 0 aliphatic heterocycles. The minimum atomic E-state index is -0.330. The number of carbonyl (C=O) groups is 1. The summed E-state index contributed by atoms with van der Waals surface area (Å²) in [7, 11) is 0. The summed E-state index contributed by atoms with van der Waals surface area (Å²) in [6.07, 6.45) is 1.33. The zero-order chi connectivity index (χ0) is 14.5. The second kappa shape index (κ2) is 6.38. The van der Waals surface area contributed by atoms with Gasteiger partial charge in [-0.1, -0.05) is 35.3 Å². The van der Waals surface area contributed by atoms with Gasteiger partial charge in [-0.2, -0.15) is 5.26 Å². The number of nitrogens with zero attached hydrogens (tertiary/aromatic N) is 2. The van der Waals surface area contributed by atoms with Crippen molar-refractivity contribution in [2.24, 2.45) is 0 Å². The number of hydrogen-bond acceptors (Lipinski definition) is 3. The van der Waals surface area contributed by atoms with Crippen molar-refractivity contribution in [1.82, 2.24) is 10.3 Å². The van der Waals surface area contributed by atoms with Crippen LogP contribution in [0.25, 0.3) is 0 Å². The molecule has 100 valence electrons. The van der Waals surface area contributed by atoms with Crippen LogP contribution in [-0.2, 0) is 6.54 Å². The van der Waals surface area contributed by atoms with Crippen molar-refractivity contribution >= 4 is 29.1 Å². The average molecular weight is 306 g/mol. The topological polar surface area (TPSA) is 65.8 Å². The molecule has 20 heavy (non-hydrogen) atoms. The molecule has 1 heterocycles. The molecule has 0 saturated heterocycles.